The minimum Gasteiger partial charge on any atom is -0.463 e. The third kappa shape index (κ3) is 4.95. The van der Waals surface area contributed by atoms with Gasteiger partial charge in [-0.2, -0.15) is 0 Å². The minimum absolute atomic E-state index is 0.206. The number of rotatable bonds is 6. The molecule has 164 valence electrons. The van der Waals surface area contributed by atoms with Crippen molar-refractivity contribution in [2.75, 3.05) is 39.3 Å². The van der Waals surface area contributed by atoms with Gasteiger partial charge in [0.25, 0.3) is 0 Å². The number of hydrogen-bond acceptors (Lipinski definition) is 8. The largest absolute Gasteiger partial charge is 0.463 e. The molecule has 1 atom stereocenters. The maximum absolute atomic E-state index is 13.7. The Labute approximate surface area is 189 Å². The van der Waals surface area contributed by atoms with E-state index in [0.29, 0.717) is 34.2 Å². The third-order valence-electron chi connectivity index (χ3n) is 5.10. The predicted molar refractivity (Wildman–Crippen MR) is 119 cm³/mol. The monoisotopic (exact) mass is 463 g/mol. The van der Waals surface area contributed by atoms with E-state index in [9.17, 15) is 9.18 Å². The number of piperazine rings is 1. The van der Waals surface area contributed by atoms with E-state index in [1.54, 1.807) is 19.2 Å². The van der Waals surface area contributed by atoms with Gasteiger partial charge in [-0.3, -0.25) is 9.89 Å². The smallest absolute Gasteiger partial charge is 0.338 e. The lowest BCUT2D eigenvalue weighted by molar-refractivity contribution is -0.139. The number of aliphatic imine (C=N–C) groups is 1. The summed E-state index contributed by atoms with van der Waals surface area (Å²) in [5.41, 5.74) is 1.62. The van der Waals surface area contributed by atoms with E-state index in [4.69, 9.17) is 21.3 Å². The molecule has 1 fully saturated rings. The molecule has 1 saturated heterocycles. The molecule has 0 spiro atoms. The summed E-state index contributed by atoms with van der Waals surface area (Å²) >= 11 is 7.83. The quantitative estimate of drug-likeness (QED) is 0.641. The fourth-order valence-electron chi connectivity index (χ4n) is 3.66. The second kappa shape index (κ2) is 9.86. The zero-order valence-electron chi connectivity index (χ0n) is 17.0. The first-order valence-corrected chi connectivity index (χ1v) is 11.4. The lowest BCUT2D eigenvalue weighted by Crippen LogP contribution is -2.47. The number of thiazole rings is 1. The highest BCUT2D eigenvalue weighted by atomic mass is 35.5. The predicted octanol–water partition coefficient (Wildman–Crippen LogP) is 2.75. The Balaban J connectivity index is 1.81. The number of aromatic nitrogens is 1. The fraction of sp³-hybridized carbons (Fsp3) is 0.381. The summed E-state index contributed by atoms with van der Waals surface area (Å²) in [6.45, 7) is 5.98. The van der Waals surface area contributed by atoms with Crippen LogP contribution >= 0.6 is 22.9 Å². The first kappa shape index (κ1) is 21.9. The Bertz CT molecular complexity index is 1010. The molecule has 1 aromatic heterocycles. The maximum Gasteiger partial charge on any atom is 0.338 e. The second-order valence-corrected chi connectivity index (χ2v) is 8.45. The standard InChI is InChI=1S/C21H23ClFN5O2S/c1-2-30-21(29)17-16(12-28-8-5-24-6-9-28)26-19(20-25-7-10-31-20)27-18(17)14-4-3-13(23)11-15(14)22/h3-4,7,10-11,18,24H,2,5-6,8-9,12H2,1H3,(H,26,27). The zero-order valence-corrected chi connectivity index (χ0v) is 18.6. The molecule has 2 aliphatic rings. The Morgan fingerprint density at radius 2 is 2.19 bits per heavy atom. The topological polar surface area (TPSA) is 78.9 Å². The number of halogens is 2. The van der Waals surface area contributed by atoms with Crippen LogP contribution in [0.2, 0.25) is 5.02 Å². The molecule has 2 aromatic rings. The van der Waals surface area contributed by atoms with Gasteiger partial charge in [-0.05, 0) is 19.1 Å². The molecule has 1 aromatic carbocycles. The van der Waals surface area contributed by atoms with Crippen molar-refractivity contribution in [3.63, 3.8) is 0 Å². The van der Waals surface area contributed by atoms with E-state index >= 15 is 0 Å². The molecule has 4 rings (SSSR count). The maximum atomic E-state index is 13.7. The molecule has 7 nitrogen and oxygen atoms in total. The van der Waals surface area contributed by atoms with E-state index in [2.05, 4.69) is 20.5 Å². The highest BCUT2D eigenvalue weighted by Crippen LogP contribution is 2.36. The van der Waals surface area contributed by atoms with E-state index < -0.39 is 17.8 Å². The number of nitrogens with one attached hydrogen (secondary N) is 2. The molecule has 3 heterocycles. The number of ether oxygens (including phenoxy) is 1. The second-order valence-electron chi connectivity index (χ2n) is 7.15. The Kier molecular flexibility index (Phi) is 6.96. The lowest BCUT2D eigenvalue weighted by Gasteiger charge is -2.32. The highest BCUT2D eigenvalue weighted by Gasteiger charge is 2.34. The average Bonchev–Trinajstić information content (AvgIpc) is 3.29. The fourth-order valence-corrected chi connectivity index (χ4v) is 4.52. The van der Waals surface area contributed by atoms with Gasteiger partial charge in [0.1, 0.15) is 11.9 Å². The van der Waals surface area contributed by atoms with E-state index in [1.165, 1.54) is 23.5 Å². The van der Waals surface area contributed by atoms with Gasteiger partial charge in [0.2, 0.25) is 0 Å². The van der Waals surface area contributed by atoms with Gasteiger partial charge < -0.3 is 15.4 Å². The van der Waals surface area contributed by atoms with Crippen molar-refractivity contribution in [1.82, 2.24) is 20.5 Å². The number of benzene rings is 1. The van der Waals surface area contributed by atoms with Crippen molar-refractivity contribution in [2.45, 2.75) is 13.0 Å². The van der Waals surface area contributed by atoms with Gasteiger partial charge in [0.15, 0.2) is 10.8 Å². The summed E-state index contributed by atoms with van der Waals surface area (Å²) in [4.78, 5) is 24.4. The molecular formula is C21H23ClFN5O2S. The van der Waals surface area contributed by atoms with Crippen LogP contribution in [-0.4, -0.2) is 61.0 Å². The van der Waals surface area contributed by atoms with Crippen molar-refractivity contribution < 1.29 is 13.9 Å². The third-order valence-corrected chi connectivity index (χ3v) is 6.21. The van der Waals surface area contributed by atoms with Crippen LogP contribution in [0.3, 0.4) is 0 Å². The molecular weight excluding hydrogens is 441 g/mol. The normalized spacial score (nSPS) is 19.7. The van der Waals surface area contributed by atoms with Crippen LogP contribution in [0.5, 0.6) is 0 Å². The van der Waals surface area contributed by atoms with Crippen LogP contribution < -0.4 is 10.6 Å². The molecule has 0 amide bonds. The molecule has 0 radical (unpaired) electrons. The summed E-state index contributed by atoms with van der Waals surface area (Å²) in [5, 5.41) is 9.42. The Morgan fingerprint density at radius 3 is 2.87 bits per heavy atom. The van der Waals surface area contributed by atoms with Crippen LogP contribution in [0.4, 0.5) is 4.39 Å². The summed E-state index contributed by atoms with van der Waals surface area (Å²) in [6, 6.07) is 3.39. The van der Waals surface area contributed by atoms with Gasteiger partial charge in [-0.15, -0.1) is 11.3 Å². The molecule has 2 aliphatic heterocycles. The Hall–Kier alpha value is -2.33. The van der Waals surface area contributed by atoms with Crippen molar-refractivity contribution in [3.8, 4) is 0 Å². The number of carbonyl (C=O) groups excluding carboxylic acids is 1. The first-order chi connectivity index (χ1) is 15.1. The molecule has 1 unspecified atom stereocenters. The number of hydrogen-bond donors (Lipinski definition) is 2. The number of nitrogens with zero attached hydrogens (tertiary/aromatic N) is 3. The molecule has 10 heteroatoms. The Morgan fingerprint density at radius 1 is 1.39 bits per heavy atom. The van der Waals surface area contributed by atoms with Gasteiger partial charge >= 0.3 is 5.97 Å². The summed E-state index contributed by atoms with van der Waals surface area (Å²) in [7, 11) is 0. The van der Waals surface area contributed by atoms with E-state index in [1.807, 2.05) is 5.38 Å². The SMILES string of the molecule is CCOC(=O)C1=C(CN2CCNCC2)NC(c2nccs2)=NC1c1ccc(F)cc1Cl. The van der Waals surface area contributed by atoms with Crippen LogP contribution in [0, 0.1) is 5.82 Å². The summed E-state index contributed by atoms with van der Waals surface area (Å²) in [6.07, 6.45) is 1.70. The van der Waals surface area contributed by atoms with Gasteiger partial charge in [-0.1, -0.05) is 17.7 Å². The van der Waals surface area contributed by atoms with E-state index in [0.717, 1.165) is 26.2 Å². The van der Waals surface area contributed by atoms with Crippen molar-refractivity contribution >= 4 is 34.7 Å². The highest BCUT2D eigenvalue weighted by molar-refractivity contribution is 7.11. The number of amidine groups is 1. The molecule has 0 aliphatic carbocycles. The number of carbonyl (C=O) groups is 1. The summed E-state index contributed by atoms with van der Waals surface area (Å²) in [5.74, 6) is -0.361. The molecule has 0 saturated carbocycles. The van der Waals surface area contributed by atoms with Crippen LogP contribution in [0.25, 0.3) is 0 Å². The van der Waals surface area contributed by atoms with Crippen LogP contribution in [0.1, 0.15) is 23.5 Å². The molecule has 2 N–H and O–H groups in total. The van der Waals surface area contributed by atoms with Crippen molar-refractivity contribution in [1.29, 1.82) is 0 Å². The molecule has 31 heavy (non-hydrogen) atoms. The van der Waals surface area contributed by atoms with Gasteiger partial charge in [-0.25, -0.2) is 14.2 Å². The van der Waals surface area contributed by atoms with Gasteiger partial charge in [0.05, 0.1) is 12.2 Å². The first-order valence-electron chi connectivity index (χ1n) is 10.1. The zero-order chi connectivity index (χ0) is 21.8. The lowest BCUT2D eigenvalue weighted by atomic mass is 9.95. The summed E-state index contributed by atoms with van der Waals surface area (Å²) < 4.78 is 19.1. The van der Waals surface area contributed by atoms with Crippen LogP contribution in [-0.2, 0) is 9.53 Å². The van der Waals surface area contributed by atoms with Gasteiger partial charge in [0, 0.05) is 60.6 Å². The average molecular weight is 464 g/mol. The van der Waals surface area contributed by atoms with Crippen LogP contribution in [0.15, 0.2) is 46.0 Å². The molecule has 0 bridgehead atoms. The van der Waals surface area contributed by atoms with Crippen molar-refractivity contribution in [2.24, 2.45) is 4.99 Å². The number of esters is 1. The van der Waals surface area contributed by atoms with Crippen molar-refractivity contribution in [3.05, 3.63) is 62.5 Å². The minimum atomic E-state index is -0.731. The van der Waals surface area contributed by atoms with E-state index in [-0.39, 0.29) is 11.6 Å².